The average molecular weight is 275 g/mol. The molecule has 0 aliphatic heterocycles. The van der Waals surface area contributed by atoms with Gasteiger partial charge in [-0.05, 0) is 62.2 Å². The monoisotopic (exact) mass is 274 g/mol. The molecule has 0 aromatic carbocycles. The van der Waals surface area contributed by atoms with Crippen LogP contribution < -0.4 is 0 Å². The van der Waals surface area contributed by atoms with Gasteiger partial charge < -0.3 is 10.2 Å². The first-order valence-electron chi connectivity index (χ1n) is 7.27. The van der Waals surface area contributed by atoms with Gasteiger partial charge >= 0.3 is 0 Å². The Morgan fingerprint density at radius 3 is 2.56 bits per heavy atom. The van der Waals surface area contributed by atoms with Crippen molar-refractivity contribution in [3.8, 4) is 0 Å². The number of hydrogen-bond donors (Lipinski definition) is 2. The fourth-order valence-electron chi connectivity index (χ4n) is 4.23. The molecule has 2 rings (SSSR count). The van der Waals surface area contributed by atoms with Gasteiger partial charge in [-0.25, -0.2) is 0 Å². The van der Waals surface area contributed by atoms with E-state index in [1.807, 2.05) is 0 Å². The van der Waals surface area contributed by atoms with E-state index < -0.39 is 5.60 Å². The van der Waals surface area contributed by atoms with Gasteiger partial charge in [0.15, 0.2) is 0 Å². The van der Waals surface area contributed by atoms with E-state index in [2.05, 4.69) is 13.8 Å². The molecule has 0 aromatic rings. The van der Waals surface area contributed by atoms with Gasteiger partial charge in [0.2, 0.25) is 0 Å². The molecule has 2 nitrogen and oxygen atoms in total. The lowest BCUT2D eigenvalue weighted by Gasteiger charge is -2.54. The Balaban J connectivity index is 2.15. The molecule has 2 aliphatic carbocycles. The predicted octanol–water partition coefficient (Wildman–Crippen LogP) is 3.19. The Bertz CT molecular complexity index is 305. The molecular weight excluding hydrogens is 248 g/mol. The van der Waals surface area contributed by atoms with Crippen LogP contribution in [0.25, 0.3) is 0 Å². The number of alkyl halides is 1. The molecule has 0 radical (unpaired) electrons. The maximum Gasteiger partial charge on any atom is 0.0877 e. The molecular formula is C15H27ClO2. The molecule has 0 spiro atoms. The van der Waals surface area contributed by atoms with Gasteiger partial charge in [0.1, 0.15) is 0 Å². The van der Waals surface area contributed by atoms with E-state index in [1.54, 1.807) is 6.92 Å². The molecule has 2 N–H and O–H groups in total. The first-order valence-corrected chi connectivity index (χ1v) is 7.71. The van der Waals surface area contributed by atoms with Crippen molar-refractivity contribution in [3.05, 3.63) is 0 Å². The summed E-state index contributed by atoms with van der Waals surface area (Å²) < 4.78 is 0. The molecule has 0 aromatic heterocycles. The highest BCUT2D eigenvalue weighted by molar-refractivity contribution is 6.20. The van der Waals surface area contributed by atoms with Crippen LogP contribution in [-0.2, 0) is 0 Å². The third-order valence-electron chi connectivity index (χ3n) is 5.89. The second kappa shape index (κ2) is 4.96. The van der Waals surface area contributed by atoms with Crippen molar-refractivity contribution >= 4 is 11.6 Å². The minimum absolute atomic E-state index is 0.139. The first-order chi connectivity index (χ1) is 8.30. The van der Waals surface area contributed by atoms with Crippen LogP contribution in [0.5, 0.6) is 0 Å². The van der Waals surface area contributed by atoms with Crippen LogP contribution in [0.4, 0.5) is 0 Å². The highest BCUT2D eigenvalue weighted by Gasteiger charge is 2.49. The van der Waals surface area contributed by atoms with Crippen LogP contribution in [-0.4, -0.2) is 27.8 Å². The summed E-state index contributed by atoms with van der Waals surface area (Å²) in [5, 5.41) is 19.9. The molecule has 0 bridgehead atoms. The van der Waals surface area contributed by atoms with Gasteiger partial charge in [0.05, 0.1) is 12.2 Å². The summed E-state index contributed by atoms with van der Waals surface area (Å²) in [5.74, 6) is 1.32. The summed E-state index contributed by atoms with van der Waals surface area (Å²) in [4.78, 5) is 0. The number of halogens is 1. The molecule has 6 atom stereocenters. The van der Waals surface area contributed by atoms with Crippen LogP contribution in [0.1, 0.15) is 52.9 Å². The van der Waals surface area contributed by atoms with Gasteiger partial charge in [0, 0.05) is 5.38 Å². The fraction of sp³-hybridized carbons (Fsp3) is 1.00. The molecule has 18 heavy (non-hydrogen) atoms. The lowest BCUT2D eigenvalue weighted by molar-refractivity contribution is -0.0985. The lowest BCUT2D eigenvalue weighted by Crippen LogP contribution is -2.50. The van der Waals surface area contributed by atoms with Crippen LogP contribution in [0.15, 0.2) is 0 Å². The average Bonchev–Trinajstić information content (AvgIpc) is 2.34. The Morgan fingerprint density at radius 1 is 1.33 bits per heavy atom. The molecule has 0 unspecified atom stereocenters. The van der Waals surface area contributed by atoms with Gasteiger partial charge in [0.25, 0.3) is 0 Å². The first kappa shape index (κ1) is 14.6. The zero-order valence-corrected chi connectivity index (χ0v) is 12.6. The Morgan fingerprint density at radius 2 is 1.94 bits per heavy atom. The van der Waals surface area contributed by atoms with Gasteiger partial charge in [-0.2, -0.15) is 0 Å². The third kappa shape index (κ3) is 2.44. The maximum absolute atomic E-state index is 10.3. The highest BCUT2D eigenvalue weighted by atomic mass is 35.5. The van der Waals surface area contributed by atoms with Gasteiger partial charge in [-0.15, -0.1) is 11.6 Å². The molecule has 0 saturated heterocycles. The Hall–Kier alpha value is 0.210. The quantitative estimate of drug-likeness (QED) is 0.760. The molecule has 2 saturated carbocycles. The molecule has 0 heterocycles. The van der Waals surface area contributed by atoms with E-state index >= 15 is 0 Å². The van der Waals surface area contributed by atoms with Crippen LogP contribution in [0, 0.1) is 23.2 Å². The van der Waals surface area contributed by atoms with Crippen LogP contribution in [0.2, 0.25) is 0 Å². The molecule has 106 valence electrons. The molecule has 2 fully saturated rings. The van der Waals surface area contributed by atoms with Gasteiger partial charge in [-0.1, -0.05) is 13.8 Å². The normalized spacial score (nSPS) is 48.3. The van der Waals surface area contributed by atoms with Crippen molar-refractivity contribution in [1.82, 2.24) is 0 Å². The highest BCUT2D eigenvalue weighted by Crippen LogP contribution is 2.56. The Labute approximate surface area is 116 Å². The van der Waals surface area contributed by atoms with Crippen LogP contribution >= 0.6 is 11.6 Å². The van der Waals surface area contributed by atoms with Crippen LogP contribution in [0.3, 0.4) is 0 Å². The SMILES string of the molecule is C[C@@H]1[C@H](Cl)CC[C@]2(C)CC[C@@H]([C@](C)(O)CO)C[C@@H]12. The number of fused-ring (bicyclic) bond motifs is 1. The van der Waals surface area contributed by atoms with Crippen molar-refractivity contribution in [2.45, 2.75) is 63.9 Å². The molecule has 2 aliphatic rings. The number of hydrogen-bond acceptors (Lipinski definition) is 2. The summed E-state index contributed by atoms with van der Waals surface area (Å²) in [6.07, 6.45) is 5.53. The summed E-state index contributed by atoms with van der Waals surface area (Å²) in [6.45, 7) is 6.28. The van der Waals surface area contributed by atoms with Crippen molar-refractivity contribution in [1.29, 1.82) is 0 Å². The second-order valence-electron chi connectivity index (χ2n) is 7.16. The second-order valence-corrected chi connectivity index (χ2v) is 7.72. The van der Waals surface area contributed by atoms with Crippen molar-refractivity contribution in [2.24, 2.45) is 23.2 Å². The lowest BCUT2D eigenvalue weighted by atomic mass is 9.53. The zero-order chi connectivity index (χ0) is 13.6. The predicted molar refractivity (Wildman–Crippen MR) is 74.7 cm³/mol. The molecule has 0 amide bonds. The number of aliphatic hydroxyl groups excluding tert-OH is 1. The minimum Gasteiger partial charge on any atom is -0.393 e. The van der Waals surface area contributed by atoms with E-state index in [0.717, 1.165) is 25.7 Å². The summed E-state index contributed by atoms with van der Waals surface area (Å²) in [7, 11) is 0. The van der Waals surface area contributed by atoms with Crippen molar-refractivity contribution in [3.63, 3.8) is 0 Å². The minimum atomic E-state index is -0.930. The van der Waals surface area contributed by atoms with E-state index in [4.69, 9.17) is 11.6 Å². The van der Waals surface area contributed by atoms with E-state index in [-0.39, 0.29) is 17.9 Å². The summed E-state index contributed by atoms with van der Waals surface area (Å²) in [5.41, 5.74) is -0.535. The topological polar surface area (TPSA) is 40.5 Å². The third-order valence-corrected chi connectivity index (χ3v) is 6.51. The maximum atomic E-state index is 10.3. The molecule has 3 heteroatoms. The van der Waals surface area contributed by atoms with E-state index in [1.165, 1.54) is 6.42 Å². The van der Waals surface area contributed by atoms with Crippen molar-refractivity contribution in [2.75, 3.05) is 6.61 Å². The Kier molecular flexibility index (Phi) is 4.02. The summed E-state index contributed by atoms with van der Waals surface area (Å²) >= 11 is 6.43. The van der Waals surface area contributed by atoms with Crippen molar-refractivity contribution < 1.29 is 10.2 Å². The van der Waals surface area contributed by atoms with E-state index in [9.17, 15) is 10.2 Å². The standard InChI is InChI=1S/C15H27ClO2/c1-10-12-8-11(15(3,18)9-17)4-6-14(12,2)7-5-13(10)16/h10-13,17-18H,4-9H2,1-3H3/t10-,11+,12-,13+,14-,15+/m0/s1. The summed E-state index contributed by atoms with van der Waals surface area (Å²) in [6, 6.07) is 0. The number of rotatable bonds is 2. The van der Waals surface area contributed by atoms with Gasteiger partial charge in [-0.3, -0.25) is 0 Å². The smallest absolute Gasteiger partial charge is 0.0877 e. The fourth-order valence-corrected chi connectivity index (χ4v) is 4.52. The largest absolute Gasteiger partial charge is 0.393 e. The number of aliphatic hydroxyl groups is 2. The van der Waals surface area contributed by atoms with E-state index in [0.29, 0.717) is 17.3 Å². The zero-order valence-electron chi connectivity index (χ0n) is 11.8.